The van der Waals surface area contributed by atoms with Crippen molar-refractivity contribution in [2.45, 2.75) is 116 Å². The van der Waals surface area contributed by atoms with E-state index in [1.165, 1.54) is 70.6 Å². The number of nitrogens with one attached hydrogen (secondary N) is 1. The number of unbranched alkanes of at least 4 members (excludes halogenated alkanes) is 12. The summed E-state index contributed by atoms with van der Waals surface area (Å²) in [7, 11) is 1.96. The number of ether oxygens (including phenoxy) is 2. The van der Waals surface area contributed by atoms with Crippen LogP contribution in [-0.4, -0.2) is 48.8 Å². The second-order valence-electron chi connectivity index (χ2n) is 11.3. The van der Waals surface area contributed by atoms with Gasteiger partial charge in [-0.25, -0.2) is 0 Å². The molecule has 2 atom stereocenters. The molecule has 0 aliphatic carbocycles. The summed E-state index contributed by atoms with van der Waals surface area (Å²) in [6.07, 6.45) is 17.8. The van der Waals surface area contributed by atoms with Crippen molar-refractivity contribution < 1.29 is 26.6 Å². The van der Waals surface area contributed by atoms with E-state index in [9.17, 15) is 9.90 Å². The molecule has 2 N–H and O–H groups in total. The molecule has 1 aromatic heterocycles. The van der Waals surface area contributed by atoms with Crippen LogP contribution in [-0.2, 0) is 11.3 Å². The number of carbonyl (C=O) groups excluding carboxylic acids is 1. The lowest BCUT2D eigenvalue weighted by Gasteiger charge is -2.29. The molecule has 1 aliphatic rings. The maximum absolute atomic E-state index is 12.9. The molecule has 3 rings (SSSR count). The Hall–Kier alpha value is -2.51. The standard InChI is InChI=1S/C33H52N2O5.2H2/c1-3-4-5-6-7-8-9-10-11-12-13-14-15-18-32(36)34-29(26-35(2)25-28-17-16-21-38-28)33(37)27-19-20-30-31(24-27)40-23-22-39-30;;/h16-17,19-21,24,29,33,37H,3-15,18,22-23,25-26H2,1-2H3,(H,34,36);2*1H/t29-,33-;;/m1../s1. The largest absolute Gasteiger partial charge is 0.486 e. The SMILES string of the molecule is CCCCCCCCCCCCCCCC(=O)N[C@H](CN(C)Cc1ccco1)[C@H](O)c1ccc2c(c1)OCCO2.[HH].[HH]. The van der Waals surface area contributed by atoms with Crippen LogP contribution in [0.4, 0.5) is 0 Å². The Kier molecular flexibility index (Phi) is 15.0. The Bertz CT molecular complexity index is 960. The average Bonchev–Trinajstić information content (AvgIpc) is 3.47. The van der Waals surface area contributed by atoms with E-state index in [4.69, 9.17) is 13.9 Å². The van der Waals surface area contributed by atoms with Crippen LogP contribution >= 0.6 is 0 Å². The third kappa shape index (κ3) is 11.9. The maximum atomic E-state index is 12.9. The summed E-state index contributed by atoms with van der Waals surface area (Å²) in [6.45, 7) is 4.33. The monoisotopic (exact) mass is 560 g/mol. The summed E-state index contributed by atoms with van der Waals surface area (Å²) in [5, 5.41) is 14.4. The zero-order chi connectivity index (χ0) is 28.4. The Morgan fingerprint density at radius 3 is 2.17 bits per heavy atom. The van der Waals surface area contributed by atoms with Gasteiger partial charge < -0.3 is 24.3 Å². The Morgan fingerprint density at radius 1 is 0.925 bits per heavy atom. The summed E-state index contributed by atoms with van der Waals surface area (Å²) in [4.78, 5) is 15.0. The van der Waals surface area contributed by atoms with Crippen molar-refractivity contribution in [3.05, 3.63) is 47.9 Å². The van der Waals surface area contributed by atoms with Gasteiger partial charge in [0.2, 0.25) is 5.91 Å². The molecular weight excluding hydrogens is 504 g/mol. The molecule has 0 saturated heterocycles. The van der Waals surface area contributed by atoms with Gasteiger partial charge in [0.05, 0.1) is 18.8 Å². The molecule has 1 amide bonds. The molecule has 7 nitrogen and oxygen atoms in total. The molecule has 2 aromatic rings. The minimum atomic E-state index is -0.884. The molecule has 40 heavy (non-hydrogen) atoms. The molecule has 0 fully saturated rings. The quantitative estimate of drug-likeness (QED) is 0.152. The zero-order valence-electron chi connectivity index (χ0n) is 24.9. The summed E-state index contributed by atoms with van der Waals surface area (Å²) in [5.74, 6) is 2.13. The van der Waals surface area contributed by atoms with Crippen molar-refractivity contribution in [1.29, 1.82) is 0 Å². The van der Waals surface area contributed by atoms with Gasteiger partial charge in [0.25, 0.3) is 0 Å². The van der Waals surface area contributed by atoms with Crippen LogP contribution in [0.15, 0.2) is 41.0 Å². The first-order valence-electron chi connectivity index (χ1n) is 15.6. The van der Waals surface area contributed by atoms with Crippen molar-refractivity contribution in [1.82, 2.24) is 10.2 Å². The van der Waals surface area contributed by atoms with Gasteiger partial charge in [-0.05, 0) is 43.3 Å². The number of nitrogens with zero attached hydrogens (tertiary/aromatic N) is 1. The highest BCUT2D eigenvalue weighted by Gasteiger charge is 2.26. The van der Waals surface area contributed by atoms with Gasteiger partial charge >= 0.3 is 0 Å². The van der Waals surface area contributed by atoms with Crippen LogP contribution in [0.2, 0.25) is 0 Å². The highest BCUT2D eigenvalue weighted by atomic mass is 16.6. The topological polar surface area (TPSA) is 84.2 Å². The molecule has 2 heterocycles. The lowest BCUT2D eigenvalue weighted by Crippen LogP contribution is -2.46. The predicted molar refractivity (Wildman–Crippen MR) is 164 cm³/mol. The molecular formula is C33H56N2O5. The highest BCUT2D eigenvalue weighted by Crippen LogP contribution is 2.33. The van der Waals surface area contributed by atoms with Crippen LogP contribution in [0.25, 0.3) is 0 Å². The highest BCUT2D eigenvalue weighted by molar-refractivity contribution is 5.76. The number of aliphatic hydroxyl groups is 1. The van der Waals surface area contributed by atoms with E-state index >= 15 is 0 Å². The fourth-order valence-corrected chi connectivity index (χ4v) is 5.35. The van der Waals surface area contributed by atoms with E-state index < -0.39 is 12.1 Å². The van der Waals surface area contributed by atoms with E-state index in [-0.39, 0.29) is 8.76 Å². The second kappa shape index (κ2) is 18.8. The number of aliphatic hydroxyl groups excluding tert-OH is 1. The molecule has 0 unspecified atom stereocenters. The minimum Gasteiger partial charge on any atom is -0.486 e. The second-order valence-corrected chi connectivity index (χ2v) is 11.3. The zero-order valence-corrected chi connectivity index (χ0v) is 24.9. The number of benzene rings is 1. The average molecular weight is 561 g/mol. The number of hydrogen-bond acceptors (Lipinski definition) is 6. The lowest BCUT2D eigenvalue weighted by molar-refractivity contribution is -0.123. The van der Waals surface area contributed by atoms with Gasteiger partial charge in [-0.2, -0.15) is 0 Å². The minimum absolute atomic E-state index is 0. The van der Waals surface area contributed by atoms with Crippen LogP contribution in [0, 0.1) is 0 Å². The van der Waals surface area contributed by atoms with E-state index in [0.29, 0.717) is 49.8 Å². The van der Waals surface area contributed by atoms with E-state index in [0.717, 1.165) is 18.6 Å². The molecule has 0 radical (unpaired) electrons. The molecule has 1 aromatic carbocycles. The van der Waals surface area contributed by atoms with Crippen LogP contribution in [0.5, 0.6) is 11.5 Å². The Balaban J connectivity index is 0.00000441. The van der Waals surface area contributed by atoms with Crippen LogP contribution in [0.1, 0.15) is 117 Å². The fourth-order valence-electron chi connectivity index (χ4n) is 5.35. The van der Waals surface area contributed by atoms with E-state index in [1.54, 1.807) is 6.26 Å². The molecule has 0 spiro atoms. The number of rotatable bonds is 21. The number of likely N-dealkylation sites (N-methyl/N-ethyl adjacent to an activating group) is 1. The number of furan rings is 1. The first kappa shape index (κ1) is 32.0. The Morgan fingerprint density at radius 2 is 1.55 bits per heavy atom. The number of amides is 1. The van der Waals surface area contributed by atoms with Gasteiger partial charge in [0, 0.05) is 15.8 Å². The van der Waals surface area contributed by atoms with Gasteiger partial charge in [-0.3, -0.25) is 9.69 Å². The number of hydrogen-bond donors (Lipinski definition) is 2. The third-order valence-electron chi connectivity index (χ3n) is 7.66. The Labute approximate surface area is 244 Å². The summed E-state index contributed by atoms with van der Waals surface area (Å²) >= 11 is 0. The third-order valence-corrected chi connectivity index (χ3v) is 7.66. The van der Waals surface area contributed by atoms with Gasteiger partial charge in [-0.1, -0.05) is 90.0 Å². The van der Waals surface area contributed by atoms with Gasteiger partial charge in [-0.15, -0.1) is 0 Å². The van der Waals surface area contributed by atoms with Crippen molar-refractivity contribution in [3.63, 3.8) is 0 Å². The van der Waals surface area contributed by atoms with Gasteiger partial charge in [0.1, 0.15) is 25.1 Å². The summed E-state index contributed by atoms with van der Waals surface area (Å²) < 4.78 is 16.8. The number of carbonyl (C=O) groups is 1. The lowest BCUT2D eigenvalue weighted by atomic mass is 10.00. The van der Waals surface area contributed by atoms with Gasteiger partial charge in [0.15, 0.2) is 11.5 Å². The first-order chi connectivity index (χ1) is 19.6. The van der Waals surface area contributed by atoms with Crippen molar-refractivity contribution in [3.8, 4) is 11.5 Å². The molecule has 0 bridgehead atoms. The molecule has 1 aliphatic heterocycles. The molecule has 7 heteroatoms. The predicted octanol–water partition coefficient (Wildman–Crippen LogP) is 7.67. The smallest absolute Gasteiger partial charge is 0.220 e. The van der Waals surface area contributed by atoms with Crippen molar-refractivity contribution >= 4 is 5.91 Å². The summed E-state index contributed by atoms with van der Waals surface area (Å²) in [6, 6.07) is 8.80. The van der Waals surface area contributed by atoms with Crippen LogP contribution in [0.3, 0.4) is 0 Å². The first-order valence-corrected chi connectivity index (χ1v) is 15.6. The van der Waals surface area contributed by atoms with Crippen molar-refractivity contribution in [2.24, 2.45) is 0 Å². The van der Waals surface area contributed by atoms with E-state index in [2.05, 4.69) is 17.1 Å². The van der Waals surface area contributed by atoms with Crippen LogP contribution < -0.4 is 14.8 Å². The maximum Gasteiger partial charge on any atom is 0.220 e. The summed E-state index contributed by atoms with van der Waals surface area (Å²) in [5.41, 5.74) is 0.696. The normalized spacial score (nSPS) is 14.3. The van der Waals surface area contributed by atoms with Crippen molar-refractivity contribution in [2.75, 3.05) is 26.8 Å². The fraction of sp³-hybridized carbons (Fsp3) is 0.667. The van der Waals surface area contributed by atoms with E-state index in [1.807, 2.05) is 37.4 Å². The number of fused-ring (bicyclic) bond motifs is 1. The molecule has 228 valence electrons. The molecule has 0 saturated carbocycles.